The van der Waals surface area contributed by atoms with Crippen LogP contribution in [0.25, 0.3) is 0 Å². The van der Waals surface area contributed by atoms with E-state index in [2.05, 4.69) is 34.1 Å². The number of benzene rings is 2. The lowest BCUT2D eigenvalue weighted by Crippen LogP contribution is -2.51. The normalized spacial score (nSPS) is 27.2. The Morgan fingerprint density at radius 1 is 0.966 bits per heavy atom. The highest BCUT2D eigenvalue weighted by Crippen LogP contribution is 2.33. The number of piperidine rings is 1. The van der Waals surface area contributed by atoms with Crippen molar-refractivity contribution in [3.63, 3.8) is 0 Å². The SMILES string of the molecule is O=C1CC(c2ccccc2)CN1C1CCCN(CC2COc3ccccc3O2)C1. The van der Waals surface area contributed by atoms with Crippen molar-refractivity contribution in [1.29, 1.82) is 0 Å². The number of nitrogens with zero attached hydrogens (tertiary/aromatic N) is 2. The van der Waals surface area contributed by atoms with Crippen LogP contribution in [0.5, 0.6) is 11.5 Å². The second kappa shape index (κ2) is 8.07. The number of carbonyl (C=O) groups excluding carboxylic acids is 1. The molecule has 3 aliphatic rings. The first-order valence-electron chi connectivity index (χ1n) is 10.7. The summed E-state index contributed by atoms with van der Waals surface area (Å²) in [5.74, 6) is 2.29. The highest BCUT2D eigenvalue weighted by molar-refractivity contribution is 5.80. The topological polar surface area (TPSA) is 42.0 Å². The molecule has 0 aliphatic carbocycles. The predicted molar refractivity (Wildman–Crippen MR) is 111 cm³/mol. The zero-order chi connectivity index (χ0) is 19.6. The van der Waals surface area contributed by atoms with Gasteiger partial charge in [0.25, 0.3) is 0 Å². The van der Waals surface area contributed by atoms with E-state index in [-0.39, 0.29) is 6.10 Å². The number of likely N-dealkylation sites (tertiary alicyclic amines) is 2. The third kappa shape index (κ3) is 3.97. The maximum absolute atomic E-state index is 12.8. The lowest BCUT2D eigenvalue weighted by atomic mass is 9.98. The molecule has 152 valence electrons. The van der Waals surface area contributed by atoms with Gasteiger partial charge in [-0.2, -0.15) is 0 Å². The number of para-hydroxylation sites is 2. The minimum atomic E-state index is 0.0370. The highest BCUT2D eigenvalue weighted by Gasteiger charge is 2.37. The summed E-state index contributed by atoms with van der Waals surface area (Å²) in [5, 5.41) is 0. The van der Waals surface area contributed by atoms with Crippen molar-refractivity contribution in [2.24, 2.45) is 0 Å². The summed E-state index contributed by atoms with van der Waals surface area (Å²) in [4.78, 5) is 17.3. The van der Waals surface area contributed by atoms with E-state index in [0.29, 0.717) is 30.9 Å². The molecule has 0 spiro atoms. The number of ether oxygens (including phenoxy) is 2. The molecule has 0 saturated carbocycles. The van der Waals surface area contributed by atoms with Crippen LogP contribution in [0.4, 0.5) is 0 Å². The van der Waals surface area contributed by atoms with Crippen LogP contribution in [0.1, 0.15) is 30.7 Å². The number of amides is 1. The molecule has 5 nitrogen and oxygen atoms in total. The summed E-state index contributed by atoms with van der Waals surface area (Å²) in [6.07, 6.45) is 2.88. The van der Waals surface area contributed by atoms with Crippen molar-refractivity contribution in [3.8, 4) is 11.5 Å². The van der Waals surface area contributed by atoms with Crippen LogP contribution in [0.3, 0.4) is 0 Å². The minimum Gasteiger partial charge on any atom is -0.486 e. The van der Waals surface area contributed by atoms with Crippen LogP contribution in [0, 0.1) is 0 Å². The van der Waals surface area contributed by atoms with Gasteiger partial charge in [0.05, 0.1) is 0 Å². The Morgan fingerprint density at radius 2 is 1.76 bits per heavy atom. The Bertz CT molecular complexity index is 856. The van der Waals surface area contributed by atoms with E-state index in [0.717, 1.165) is 50.5 Å². The standard InChI is InChI=1S/C24H28N2O3/c27-24-13-19(18-7-2-1-3-8-18)14-26(24)20-9-6-12-25(15-20)16-21-17-28-22-10-4-5-11-23(22)29-21/h1-5,7-8,10-11,19-21H,6,9,12-17H2. The first kappa shape index (κ1) is 18.5. The molecule has 0 aromatic heterocycles. The van der Waals surface area contributed by atoms with Gasteiger partial charge in [0.1, 0.15) is 12.7 Å². The number of fused-ring (bicyclic) bond motifs is 1. The van der Waals surface area contributed by atoms with E-state index in [1.54, 1.807) is 0 Å². The Hall–Kier alpha value is -2.53. The van der Waals surface area contributed by atoms with Gasteiger partial charge in [0.15, 0.2) is 11.5 Å². The van der Waals surface area contributed by atoms with Gasteiger partial charge in [-0.05, 0) is 37.1 Å². The molecule has 0 radical (unpaired) electrons. The van der Waals surface area contributed by atoms with Gasteiger partial charge in [-0.1, -0.05) is 42.5 Å². The monoisotopic (exact) mass is 392 g/mol. The molecule has 0 bridgehead atoms. The molecule has 2 fully saturated rings. The molecule has 5 heteroatoms. The van der Waals surface area contributed by atoms with Gasteiger partial charge in [-0.15, -0.1) is 0 Å². The first-order chi connectivity index (χ1) is 14.3. The highest BCUT2D eigenvalue weighted by atomic mass is 16.6. The van der Waals surface area contributed by atoms with Crippen molar-refractivity contribution in [2.45, 2.75) is 37.3 Å². The van der Waals surface area contributed by atoms with E-state index in [1.807, 2.05) is 30.3 Å². The molecule has 5 rings (SSSR count). The van der Waals surface area contributed by atoms with E-state index in [4.69, 9.17) is 9.47 Å². The van der Waals surface area contributed by atoms with Gasteiger partial charge >= 0.3 is 0 Å². The van der Waals surface area contributed by atoms with Crippen molar-refractivity contribution >= 4 is 5.91 Å². The predicted octanol–water partition coefficient (Wildman–Crippen LogP) is 3.31. The molecule has 3 unspecified atom stereocenters. The third-order valence-corrected chi connectivity index (χ3v) is 6.38. The van der Waals surface area contributed by atoms with Gasteiger partial charge in [-0.25, -0.2) is 0 Å². The summed E-state index contributed by atoms with van der Waals surface area (Å²) in [6, 6.07) is 18.6. The van der Waals surface area contributed by atoms with Gasteiger partial charge in [0.2, 0.25) is 5.91 Å². The summed E-state index contributed by atoms with van der Waals surface area (Å²) in [5.41, 5.74) is 1.28. The molecule has 2 saturated heterocycles. The van der Waals surface area contributed by atoms with Crippen molar-refractivity contribution in [1.82, 2.24) is 9.80 Å². The molecule has 2 aromatic carbocycles. The molecule has 3 heterocycles. The van der Waals surface area contributed by atoms with Crippen LogP contribution in [0.2, 0.25) is 0 Å². The zero-order valence-corrected chi connectivity index (χ0v) is 16.7. The lowest BCUT2D eigenvalue weighted by molar-refractivity contribution is -0.130. The van der Waals surface area contributed by atoms with Crippen LogP contribution in [-0.2, 0) is 4.79 Å². The van der Waals surface area contributed by atoms with E-state index in [9.17, 15) is 4.79 Å². The number of rotatable bonds is 4. The van der Waals surface area contributed by atoms with Crippen LogP contribution in [0.15, 0.2) is 54.6 Å². The third-order valence-electron chi connectivity index (χ3n) is 6.38. The van der Waals surface area contributed by atoms with Crippen molar-refractivity contribution < 1.29 is 14.3 Å². The van der Waals surface area contributed by atoms with Crippen LogP contribution >= 0.6 is 0 Å². The number of carbonyl (C=O) groups is 1. The average molecular weight is 392 g/mol. The fraction of sp³-hybridized carbons (Fsp3) is 0.458. The number of hydrogen-bond donors (Lipinski definition) is 0. The van der Waals surface area contributed by atoms with Crippen LogP contribution in [-0.4, -0.2) is 60.6 Å². The fourth-order valence-corrected chi connectivity index (χ4v) is 4.93. The molecular formula is C24H28N2O3. The fourth-order valence-electron chi connectivity index (χ4n) is 4.93. The Labute approximate surface area is 172 Å². The largest absolute Gasteiger partial charge is 0.486 e. The summed E-state index contributed by atoms with van der Waals surface area (Å²) in [6.45, 7) is 4.25. The van der Waals surface area contributed by atoms with E-state index in [1.165, 1.54) is 5.56 Å². The average Bonchev–Trinajstić information content (AvgIpc) is 3.16. The maximum Gasteiger partial charge on any atom is 0.223 e. The second-order valence-corrected chi connectivity index (χ2v) is 8.41. The van der Waals surface area contributed by atoms with E-state index < -0.39 is 0 Å². The first-order valence-corrected chi connectivity index (χ1v) is 10.7. The van der Waals surface area contributed by atoms with Gasteiger partial charge in [0, 0.05) is 38.0 Å². The zero-order valence-electron chi connectivity index (χ0n) is 16.7. The lowest BCUT2D eigenvalue weighted by Gasteiger charge is -2.39. The molecule has 3 atom stereocenters. The Balaban J connectivity index is 1.20. The van der Waals surface area contributed by atoms with Gasteiger partial charge in [-0.3, -0.25) is 9.69 Å². The molecule has 3 aliphatic heterocycles. The summed E-state index contributed by atoms with van der Waals surface area (Å²) in [7, 11) is 0. The molecule has 29 heavy (non-hydrogen) atoms. The van der Waals surface area contributed by atoms with Crippen molar-refractivity contribution in [3.05, 3.63) is 60.2 Å². The smallest absolute Gasteiger partial charge is 0.223 e. The maximum atomic E-state index is 12.8. The quantitative estimate of drug-likeness (QED) is 0.801. The van der Waals surface area contributed by atoms with Gasteiger partial charge < -0.3 is 14.4 Å². The van der Waals surface area contributed by atoms with Crippen LogP contribution < -0.4 is 9.47 Å². The second-order valence-electron chi connectivity index (χ2n) is 8.41. The molecule has 1 amide bonds. The Morgan fingerprint density at radius 3 is 2.62 bits per heavy atom. The minimum absolute atomic E-state index is 0.0370. The molecule has 0 N–H and O–H groups in total. The van der Waals surface area contributed by atoms with Crippen molar-refractivity contribution in [2.75, 3.05) is 32.8 Å². The number of hydrogen-bond acceptors (Lipinski definition) is 4. The van der Waals surface area contributed by atoms with E-state index >= 15 is 0 Å². The molecular weight excluding hydrogens is 364 g/mol. The summed E-state index contributed by atoms with van der Waals surface area (Å²) < 4.78 is 12.0. The summed E-state index contributed by atoms with van der Waals surface area (Å²) >= 11 is 0. The Kier molecular flexibility index (Phi) is 5.15. The molecule has 2 aromatic rings.